The zero-order chi connectivity index (χ0) is 20.8. The summed E-state index contributed by atoms with van der Waals surface area (Å²) in [6, 6.07) is 11.8. The highest BCUT2D eigenvalue weighted by atomic mass is 16.5. The number of unbranched alkanes of at least 4 members (excludes halogenated alkanes) is 1. The number of nitrogens with one attached hydrogen (secondary N) is 1. The van der Waals surface area contributed by atoms with E-state index >= 15 is 0 Å². The normalized spacial score (nSPS) is 12.7. The molecule has 1 aliphatic rings. The molecule has 3 amide bonds. The van der Waals surface area contributed by atoms with E-state index in [-0.39, 0.29) is 36.4 Å². The molecule has 7 nitrogen and oxygen atoms in total. The molecule has 1 heterocycles. The van der Waals surface area contributed by atoms with Crippen LogP contribution in [0.2, 0.25) is 0 Å². The van der Waals surface area contributed by atoms with Crippen LogP contribution in [0.5, 0.6) is 11.5 Å². The van der Waals surface area contributed by atoms with Crippen molar-refractivity contribution in [1.29, 1.82) is 0 Å². The molecule has 1 aliphatic heterocycles. The van der Waals surface area contributed by atoms with Crippen LogP contribution in [0.15, 0.2) is 42.5 Å². The van der Waals surface area contributed by atoms with Crippen LogP contribution < -0.4 is 14.8 Å². The first kappa shape index (κ1) is 20.4. The number of carbonyl (C=O) groups excluding carboxylic acids is 3. The average molecular weight is 396 g/mol. The summed E-state index contributed by atoms with van der Waals surface area (Å²) < 4.78 is 10.8. The van der Waals surface area contributed by atoms with Crippen molar-refractivity contribution in [2.75, 3.05) is 26.8 Å². The summed E-state index contributed by atoms with van der Waals surface area (Å²) in [7, 11) is 1.56. The van der Waals surface area contributed by atoms with Crippen LogP contribution in [-0.4, -0.2) is 49.4 Å². The minimum Gasteiger partial charge on any atom is -0.493 e. The van der Waals surface area contributed by atoms with Gasteiger partial charge in [0.15, 0.2) is 11.5 Å². The average Bonchev–Trinajstić information content (AvgIpc) is 2.99. The van der Waals surface area contributed by atoms with Gasteiger partial charge in [0.05, 0.1) is 24.8 Å². The maximum atomic E-state index is 12.5. The molecule has 0 radical (unpaired) electrons. The summed E-state index contributed by atoms with van der Waals surface area (Å²) in [5.74, 6) is 0.248. The number of benzene rings is 2. The van der Waals surface area contributed by atoms with Crippen LogP contribution in [0.25, 0.3) is 0 Å². The molecule has 29 heavy (non-hydrogen) atoms. The van der Waals surface area contributed by atoms with Gasteiger partial charge in [-0.1, -0.05) is 25.5 Å². The van der Waals surface area contributed by atoms with Gasteiger partial charge in [0, 0.05) is 12.1 Å². The topological polar surface area (TPSA) is 84.9 Å². The van der Waals surface area contributed by atoms with E-state index in [1.54, 1.807) is 31.4 Å². The Morgan fingerprint density at radius 1 is 1.03 bits per heavy atom. The molecule has 0 aromatic heterocycles. The Morgan fingerprint density at radius 2 is 1.76 bits per heavy atom. The number of methoxy groups -OCH3 is 1. The SMILES string of the molecule is CCCCN1C(=O)c2ccc(C(=O)NCCOc3ccccc3OC)cc2C1=O. The Morgan fingerprint density at radius 3 is 2.48 bits per heavy atom. The van der Waals surface area contributed by atoms with E-state index in [0.717, 1.165) is 12.8 Å². The van der Waals surface area contributed by atoms with Crippen molar-refractivity contribution >= 4 is 17.7 Å². The number of carbonyl (C=O) groups is 3. The summed E-state index contributed by atoms with van der Waals surface area (Å²) in [5, 5.41) is 2.75. The Kier molecular flexibility index (Phi) is 6.49. The van der Waals surface area contributed by atoms with E-state index < -0.39 is 0 Å². The number of para-hydroxylation sites is 2. The number of hydrogen-bond donors (Lipinski definition) is 1. The molecule has 152 valence electrons. The minimum atomic E-state index is -0.340. The second-order valence-corrected chi connectivity index (χ2v) is 6.63. The number of rotatable bonds is 9. The van der Waals surface area contributed by atoms with E-state index in [1.807, 2.05) is 19.1 Å². The van der Waals surface area contributed by atoms with Crippen LogP contribution in [0.1, 0.15) is 50.8 Å². The number of imide groups is 1. The lowest BCUT2D eigenvalue weighted by Gasteiger charge is -2.12. The van der Waals surface area contributed by atoms with Crippen LogP contribution in [0.4, 0.5) is 0 Å². The molecule has 0 atom stereocenters. The minimum absolute atomic E-state index is 0.263. The number of fused-ring (bicyclic) bond motifs is 1. The first-order chi connectivity index (χ1) is 14.1. The standard InChI is InChI=1S/C22H24N2O5/c1-3-4-12-24-21(26)16-10-9-15(14-17(16)22(24)27)20(25)23-11-13-29-19-8-6-5-7-18(19)28-2/h5-10,14H,3-4,11-13H2,1-2H3,(H,23,25). The van der Waals surface area contributed by atoms with Crippen LogP contribution >= 0.6 is 0 Å². The van der Waals surface area contributed by atoms with Crippen molar-refractivity contribution in [2.45, 2.75) is 19.8 Å². The number of amides is 3. The first-order valence-electron chi connectivity index (χ1n) is 9.61. The van der Waals surface area contributed by atoms with E-state index in [2.05, 4.69) is 5.32 Å². The fourth-order valence-corrected chi connectivity index (χ4v) is 3.12. The molecule has 7 heteroatoms. The Hall–Kier alpha value is -3.35. The van der Waals surface area contributed by atoms with Gasteiger partial charge in [-0.2, -0.15) is 0 Å². The predicted molar refractivity (Wildman–Crippen MR) is 108 cm³/mol. The van der Waals surface area contributed by atoms with Crippen LogP contribution in [0.3, 0.4) is 0 Å². The zero-order valence-electron chi connectivity index (χ0n) is 16.6. The molecular weight excluding hydrogens is 372 g/mol. The summed E-state index contributed by atoms with van der Waals surface area (Å²) in [6.45, 7) is 2.94. The van der Waals surface area contributed by atoms with Crippen LogP contribution in [-0.2, 0) is 0 Å². The van der Waals surface area contributed by atoms with Crippen molar-refractivity contribution < 1.29 is 23.9 Å². The van der Waals surface area contributed by atoms with Gasteiger partial charge in [-0.25, -0.2) is 0 Å². The van der Waals surface area contributed by atoms with Gasteiger partial charge in [0.2, 0.25) is 0 Å². The first-order valence-corrected chi connectivity index (χ1v) is 9.61. The van der Waals surface area contributed by atoms with Gasteiger partial charge in [-0.15, -0.1) is 0 Å². The smallest absolute Gasteiger partial charge is 0.261 e. The third-order valence-electron chi connectivity index (χ3n) is 4.68. The summed E-state index contributed by atoms with van der Waals surface area (Å²) in [6.07, 6.45) is 1.64. The van der Waals surface area contributed by atoms with E-state index in [4.69, 9.17) is 9.47 Å². The Labute approximate surface area is 169 Å². The highest BCUT2D eigenvalue weighted by molar-refractivity contribution is 6.22. The Balaban J connectivity index is 1.58. The maximum Gasteiger partial charge on any atom is 0.261 e. The maximum absolute atomic E-state index is 12.5. The highest BCUT2D eigenvalue weighted by Gasteiger charge is 2.35. The summed E-state index contributed by atoms with van der Waals surface area (Å²) >= 11 is 0. The van der Waals surface area contributed by atoms with E-state index in [9.17, 15) is 14.4 Å². The fourth-order valence-electron chi connectivity index (χ4n) is 3.12. The molecule has 0 unspecified atom stereocenters. The van der Waals surface area contributed by atoms with Crippen molar-refractivity contribution in [3.8, 4) is 11.5 Å². The largest absolute Gasteiger partial charge is 0.493 e. The molecular formula is C22H24N2O5. The molecule has 1 N–H and O–H groups in total. The second-order valence-electron chi connectivity index (χ2n) is 6.63. The molecule has 2 aromatic rings. The van der Waals surface area contributed by atoms with Gasteiger partial charge in [-0.05, 0) is 36.8 Å². The number of ether oxygens (including phenoxy) is 2. The third-order valence-corrected chi connectivity index (χ3v) is 4.68. The molecule has 0 aliphatic carbocycles. The van der Waals surface area contributed by atoms with E-state index in [1.165, 1.54) is 11.0 Å². The molecule has 2 aromatic carbocycles. The van der Waals surface area contributed by atoms with Crippen molar-refractivity contribution in [3.05, 3.63) is 59.2 Å². The zero-order valence-corrected chi connectivity index (χ0v) is 16.6. The predicted octanol–water partition coefficient (Wildman–Crippen LogP) is 2.90. The van der Waals surface area contributed by atoms with Crippen molar-refractivity contribution in [1.82, 2.24) is 10.2 Å². The van der Waals surface area contributed by atoms with Gasteiger partial charge >= 0.3 is 0 Å². The molecule has 0 saturated heterocycles. The van der Waals surface area contributed by atoms with Gasteiger partial charge in [0.1, 0.15) is 6.61 Å². The quantitative estimate of drug-likeness (QED) is 0.520. The van der Waals surface area contributed by atoms with Crippen LogP contribution in [0, 0.1) is 0 Å². The Bertz CT molecular complexity index is 925. The van der Waals surface area contributed by atoms with Gasteiger partial charge in [-0.3, -0.25) is 19.3 Å². The molecule has 3 rings (SSSR count). The summed E-state index contributed by atoms with van der Waals surface area (Å²) in [5.41, 5.74) is 0.964. The van der Waals surface area contributed by atoms with Crippen molar-refractivity contribution in [3.63, 3.8) is 0 Å². The van der Waals surface area contributed by atoms with E-state index in [0.29, 0.717) is 29.2 Å². The molecule has 0 fully saturated rings. The molecule has 0 bridgehead atoms. The number of nitrogens with zero attached hydrogens (tertiary/aromatic N) is 1. The fraction of sp³-hybridized carbons (Fsp3) is 0.318. The molecule has 0 saturated carbocycles. The highest BCUT2D eigenvalue weighted by Crippen LogP contribution is 2.26. The van der Waals surface area contributed by atoms with Gasteiger partial charge < -0.3 is 14.8 Å². The van der Waals surface area contributed by atoms with Crippen molar-refractivity contribution in [2.24, 2.45) is 0 Å². The lowest BCUT2D eigenvalue weighted by atomic mass is 10.1. The van der Waals surface area contributed by atoms with Gasteiger partial charge in [0.25, 0.3) is 17.7 Å². The lowest BCUT2D eigenvalue weighted by Crippen LogP contribution is -2.30. The third kappa shape index (κ3) is 4.39. The number of hydrogen-bond acceptors (Lipinski definition) is 5. The summed E-state index contributed by atoms with van der Waals surface area (Å²) in [4.78, 5) is 38.5. The lowest BCUT2D eigenvalue weighted by molar-refractivity contribution is 0.0652. The molecule has 0 spiro atoms. The monoisotopic (exact) mass is 396 g/mol. The second kappa shape index (κ2) is 9.23.